The molecule has 2 atom stereocenters. The predicted octanol–water partition coefficient (Wildman–Crippen LogP) is 1.60. The number of hydrogen-bond donors (Lipinski definition) is 1. The molecular weight excluding hydrogens is 292 g/mol. The first-order valence-electron chi connectivity index (χ1n) is 8.57. The molecule has 23 heavy (non-hydrogen) atoms. The van der Waals surface area contributed by atoms with Gasteiger partial charge in [0.05, 0.1) is 13.0 Å². The van der Waals surface area contributed by atoms with Crippen LogP contribution in [0.4, 0.5) is 0 Å². The maximum Gasteiger partial charge on any atom is 0.227 e. The normalized spacial score (nSPS) is 27.2. The van der Waals surface area contributed by atoms with E-state index < -0.39 is 0 Å². The van der Waals surface area contributed by atoms with E-state index in [1.807, 2.05) is 18.2 Å². The van der Waals surface area contributed by atoms with Crippen molar-refractivity contribution in [3.63, 3.8) is 0 Å². The zero-order chi connectivity index (χ0) is 15.8. The fraction of sp³-hybridized carbons (Fsp3) is 0.611. The molecule has 1 saturated heterocycles. The van der Waals surface area contributed by atoms with Crippen LogP contribution in [0.3, 0.4) is 0 Å². The molecule has 0 aromatic heterocycles. The Bertz CT molecular complexity index is 600. The van der Waals surface area contributed by atoms with Crippen LogP contribution in [-0.4, -0.2) is 49.7 Å². The second-order valence-corrected chi connectivity index (χ2v) is 6.91. The first kappa shape index (κ1) is 14.8. The van der Waals surface area contributed by atoms with Crippen LogP contribution in [0.2, 0.25) is 0 Å². The lowest BCUT2D eigenvalue weighted by Crippen LogP contribution is -2.43. The molecule has 2 aliphatic heterocycles. The highest BCUT2D eigenvalue weighted by Gasteiger charge is 2.36. The van der Waals surface area contributed by atoms with Crippen molar-refractivity contribution in [2.75, 3.05) is 26.8 Å². The minimum absolute atomic E-state index is 0.0918. The van der Waals surface area contributed by atoms with E-state index in [4.69, 9.17) is 9.47 Å². The standard InChI is InChI=1S/C18H24N2O3/c1-22-16-5-2-12-8-13(11-23-17(12)9-16)18(21)19-14-6-7-20(10-14)15-3-4-15/h2,5,9,13-15H,3-4,6-8,10-11H2,1H3,(H,19,21)/t13-,14+/m0/s1. The van der Waals surface area contributed by atoms with Crippen molar-refractivity contribution in [1.82, 2.24) is 10.2 Å². The number of ether oxygens (including phenoxy) is 2. The summed E-state index contributed by atoms with van der Waals surface area (Å²) in [6.07, 6.45) is 4.47. The summed E-state index contributed by atoms with van der Waals surface area (Å²) in [5.41, 5.74) is 1.09. The highest BCUT2D eigenvalue weighted by atomic mass is 16.5. The summed E-state index contributed by atoms with van der Waals surface area (Å²) in [5.74, 6) is 1.67. The van der Waals surface area contributed by atoms with Gasteiger partial charge in [-0.25, -0.2) is 0 Å². The summed E-state index contributed by atoms with van der Waals surface area (Å²) in [4.78, 5) is 15.1. The first-order chi connectivity index (χ1) is 11.2. The van der Waals surface area contributed by atoms with Crippen LogP contribution in [0, 0.1) is 5.92 Å². The summed E-state index contributed by atoms with van der Waals surface area (Å²) in [7, 11) is 1.65. The summed E-state index contributed by atoms with van der Waals surface area (Å²) >= 11 is 0. The maximum absolute atomic E-state index is 12.5. The van der Waals surface area contributed by atoms with E-state index in [1.165, 1.54) is 12.8 Å². The summed E-state index contributed by atoms with van der Waals surface area (Å²) in [6.45, 7) is 2.59. The zero-order valence-corrected chi connectivity index (χ0v) is 13.6. The van der Waals surface area contributed by atoms with E-state index in [9.17, 15) is 4.79 Å². The van der Waals surface area contributed by atoms with Crippen LogP contribution in [0.25, 0.3) is 0 Å². The van der Waals surface area contributed by atoms with Gasteiger partial charge in [-0.1, -0.05) is 6.07 Å². The van der Waals surface area contributed by atoms with Gasteiger partial charge in [0.1, 0.15) is 18.1 Å². The van der Waals surface area contributed by atoms with Crippen LogP contribution < -0.4 is 14.8 Å². The number of rotatable bonds is 4. The summed E-state index contributed by atoms with van der Waals surface area (Å²) in [6, 6.07) is 6.91. The van der Waals surface area contributed by atoms with Gasteiger partial charge >= 0.3 is 0 Å². The lowest BCUT2D eigenvalue weighted by molar-refractivity contribution is -0.126. The van der Waals surface area contributed by atoms with Crippen molar-refractivity contribution in [2.45, 2.75) is 37.8 Å². The molecule has 1 amide bonds. The Morgan fingerprint density at radius 2 is 2.22 bits per heavy atom. The van der Waals surface area contributed by atoms with Crippen LogP contribution in [0.15, 0.2) is 18.2 Å². The molecule has 2 heterocycles. The highest BCUT2D eigenvalue weighted by Crippen LogP contribution is 2.32. The quantitative estimate of drug-likeness (QED) is 0.917. The number of hydrogen-bond acceptors (Lipinski definition) is 4. The molecule has 1 saturated carbocycles. The molecule has 124 valence electrons. The molecule has 2 fully saturated rings. The fourth-order valence-corrected chi connectivity index (χ4v) is 3.64. The molecular formula is C18H24N2O3. The van der Waals surface area contributed by atoms with Gasteiger partial charge < -0.3 is 14.8 Å². The Hall–Kier alpha value is -1.75. The molecule has 0 spiro atoms. The maximum atomic E-state index is 12.5. The number of carbonyl (C=O) groups excluding carboxylic acids is 1. The van der Waals surface area contributed by atoms with Crippen molar-refractivity contribution < 1.29 is 14.3 Å². The average molecular weight is 316 g/mol. The predicted molar refractivity (Wildman–Crippen MR) is 86.8 cm³/mol. The van der Waals surface area contributed by atoms with E-state index in [1.54, 1.807) is 7.11 Å². The van der Waals surface area contributed by atoms with Gasteiger partial charge in [0, 0.05) is 31.2 Å². The molecule has 1 aromatic rings. The third-order valence-electron chi connectivity index (χ3n) is 5.18. The largest absolute Gasteiger partial charge is 0.497 e. The molecule has 1 aliphatic carbocycles. The molecule has 1 aromatic carbocycles. The van der Waals surface area contributed by atoms with E-state index in [-0.39, 0.29) is 11.8 Å². The van der Waals surface area contributed by atoms with Crippen molar-refractivity contribution in [1.29, 1.82) is 0 Å². The van der Waals surface area contributed by atoms with Gasteiger partial charge in [0.15, 0.2) is 0 Å². The van der Waals surface area contributed by atoms with Crippen LogP contribution in [-0.2, 0) is 11.2 Å². The van der Waals surface area contributed by atoms with Gasteiger partial charge in [0.2, 0.25) is 5.91 Å². The molecule has 0 bridgehead atoms. The average Bonchev–Trinajstić information content (AvgIpc) is 3.33. The Morgan fingerprint density at radius 3 is 3.00 bits per heavy atom. The number of likely N-dealkylation sites (tertiary alicyclic amines) is 1. The van der Waals surface area contributed by atoms with E-state index in [0.717, 1.165) is 49.0 Å². The van der Waals surface area contributed by atoms with Gasteiger partial charge in [-0.05, 0) is 37.3 Å². The van der Waals surface area contributed by atoms with Gasteiger partial charge in [-0.3, -0.25) is 9.69 Å². The van der Waals surface area contributed by atoms with E-state index in [0.29, 0.717) is 12.6 Å². The Morgan fingerprint density at radius 1 is 1.35 bits per heavy atom. The molecule has 0 radical (unpaired) electrons. The molecule has 1 N–H and O–H groups in total. The summed E-state index contributed by atoms with van der Waals surface area (Å²) in [5, 5.41) is 3.23. The number of nitrogens with zero attached hydrogens (tertiary/aromatic N) is 1. The Labute approximate surface area is 136 Å². The van der Waals surface area contributed by atoms with Crippen molar-refractivity contribution in [3.05, 3.63) is 23.8 Å². The van der Waals surface area contributed by atoms with Gasteiger partial charge in [0.25, 0.3) is 0 Å². The lowest BCUT2D eigenvalue weighted by Gasteiger charge is -2.26. The van der Waals surface area contributed by atoms with Crippen LogP contribution in [0.5, 0.6) is 11.5 Å². The van der Waals surface area contributed by atoms with Crippen LogP contribution >= 0.6 is 0 Å². The Kier molecular flexibility index (Phi) is 3.89. The fourth-order valence-electron chi connectivity index (χ4n) is 3.64. The van der Waals surface area contributed by atoms with Crippen molar-refractivity contribution >= 4 is 5.91 Å². The van der Waals surface area contributed by atoms with E-state index in [2.05, 4.69) is 10.2 Å². The monoisotopic (exact) mass is 316 g/mol. The number of fused-ring (bicyclic) bond motifs is 1. The smallest absolute Gasteiger partial charge is 0.227 e. The van der Waals surface area contributed by atoms with Gasteiger partial charge in [-0.15, -0.1) is 0 Å². The molecule has 5 heteroatoms. The SMILES string of the molecule is COc1ccc2c(c1)OC[C@@H](C(=O)N[C@@H]1CCN(C3CC3)C1)C2. The third-order valence-corrected chi connectivity index (χ3v) is 5.18. The zero-order valence-electron chi connectivity index (χ0n) is 13.6. The number of nitrogens with one attached hydrogen (secondary N) is 1. The minimum atomic E-state index is -0.0918. The third kappa shape index (κ3) is 3.15. The van der Waals surface area contributed by atoms with E-state index >= 15 is 0 Å². The number of carbonyl (C=O) groups is 1. The number of benzene rings is 1. The molecule has 3 aliphatic rings. The first-order valence-corrected chi connectivity index (χ1v) is 8.57. The van der Waals surface area contributed by atoms with Gasteiger partial charge in [-0.2, -0.15) is 0 Å². The lowest BCUT2D eigenvalue weighted by atomic mass is 9.95. The number of methoxy groups -OCH3 is 1. The Balaban J connectivity index is 1.34. The topological polar surface area (TPSA) is 50.8 Å². The van der Waals surface area contributed by atoms with Crippen molar-refractivity contribution in [2.24, 2.45) is 5.92 Å². The second kappa shape index (κ2) is 6.04. The molecule has 0 unspecified atom stereocenters. The second-order valence-electron chi connectivity index (χ2n) is 6.91. The van der Waals surface area contributed by atoms with Crippen molar-refractivity contribution in [3.8, 4) is 11.5 Å². The highest BCUT2D eigenvalue weighted by molar-refractivity contribution is 5.80. The minimum Gasteiger partial charge on any atom is -0.497 e. The number of amides is 1. The molecule has 5 nitrogen and oxygen atoms in total. The molecule has 4 rings (SSSR count). The van der Waals surface area contributed by atoms with Crippen LogP contribution in [0.1, 0.15) is 24.8 Å². The summed E-state index contributed by atoms with van der Waals surface area (Å²) < 4.78 is 11.0.